The first-order valence-electron chi connectivity index (χ1n) is 5.70. The van der Waals surface area contributed by atoms with Crippen LogP contribution < -0.4 is 0 Å². The zero-order valence-electron chi connectivity index (χ0n) is 8.45. The zero-order chi connectivity index (χ0) is 9.38. The fourth-order valence-electron chi connectivity index (χ4n) is 3.07. The van der Waals surface area contributed by atoms with E-state index in [0.717, 1.165) is 11.8 Å². The first-order valence-corrected chi connectivity index (χ1v) is 5.70. The Bertz CT molecular complexity index is 326. The average Bonchev–Trinajstić information content (AvgIpc) is 2.80. The highest BCUT2D eigenvalue weighted by Gasteiger charge is 2.35. The predicted molar refractivity (Wildman–Crippen MR) is 59.9 cm³/mol. The van der Waals surface area contributed by atoms with Crippen molar-refractivity contribution in [2.45, 2.75) is 25.7 Å². The molecule has 0 unspecified atom stereocenters. The summed E-state index contributed by atoms with van der Waals surface area (Å²) in [6, 6.07) is 10.8. The largest absolute Gasteiger partial charge is 0.0634 e. The minimum Gasteiger partial charge on any atom is -0.0634 e. The molecule has 0 radical (unpaired) electrons. The second-order valence-electron chi connectivity index (χ2n) is 4.60. The maximum absolute atomic E-state index is 2.44. The van der Waals surface area contributed by atoms with Gasteiger partial charge in [-0.1, -0.05) is 42.0 Å². The summed E-state index contributed by atoms with van der Waals surface area (Å²) in [5, 5.41) is 0. The summed E-state index contributed by atoms with van der Waals surface area (Å²) < 4.78 is 0. The highest BCUT2D eigenvalue weighted by atomic mass is 14.4. The van der Waals surface area contributed by atoms with Crippen molar-refractivity contribution in [2.24, 2.45) is 11.8 Å². The summed E-state index contributed by atoms with van der Waals surface area (Å²) in [4.78, 5) is 0. The molecule has 1 aromatic carbocycles. The molecule has 0 spiro atoms. The standard InChI is InChI=1S/C14H16/c1-2-4-11(5-3-1)10-14-12-6-7-13(14)9-8-12/h1-5,10,12-13H,6-9H2. The van der Waals surface area contributed by atoms with Crippen LogP contribution in [0, 0.1) is 11.8 Å². The van der Waals surface area contributed by atoms with Crippen molar-refractivity contribution >= 4 is 6.08 Å². The third kappa shape index (κ3) is 1.30. The van der Waals surface area contributed by atoms with Gasteiger partial charge in [0.05, 0.1) is 0 Å². The van der Waals surface area contributed by atoms with Gasteiger partial charge in [0.2, 0.25) is 0 Å². The van der Waals surface area contributed by atoms with E-state index in [1.165, 1.54) is 31.2 Å². The lowest BCUT2D eigenvalue weighted by atomic mass is 10.0. The van der Waals surface area contributed by atoms with Gasteiger partial charge in [-0.05, 0) is 43.1 Å². The minimum atomic E-state index is 0.931. The Morgan fingerprint density at radius 1 is 0.857 bits per heavy atom. The van der Waals surface area contributed by atoms with E-state index < -0.39 is 0 Å². The molecule has 0 nitrogen and oxygen atoms in total. The summed E-state index contributed by atoms with van der Waals surface area (Å²) in [7, 11) is 0. The highest BCUT2D eigenvalue weighted by molar-refractivity contribution is 5.55. The summed E-state index contributed by atoms with van der Waals surface area (Å²) in [6.07, 6.45) is 8.23. The van der Waals surface area contributed by atoms with Gasteiger partial charge in [0.15, 0.2) is 0 Å². The molecule has 2 aliphatic rings. The minimum absolute atomic E-state index is 0.931. The maximum atomic E-state index is 2.44. The number of hydrogen-bond acceptors (Lipinski definition) is 0. The third-order valence-electron chi connectivity index (χ3n) is 3.80. The van der Waals surface area contributed by atoms with E-state index in [4.69, 9.17) is 0 Å². The van der Waals surface area contributed by atoms with Gasteiger partial charge in [-0.25, -0.2) is 0 Å². The van der Waals surface area contributed by atoms with E-state index in [-0.39, 0.29) is 0 Å². The van der Waals surface area contributed by atoms with Crippen molar-refractivity contribution in [1.82, 2.24) is 0 Å². The number of benzene rings is 1. The predicted octanol–water partition coefficient (Wildman–Crippen LogP) is 3.89. The fraction of sp³-hybridized carbons (Fsp3) is 0.429. The summed E-state index contributed by atoms with van der Waals surface area (Å²) in [5.74, 6) is 1.86. The van der Waals surface area contributed by atoms with Crippen LogP contribution in [-0.4, -0.2) is 0 Å². The van der Waals surface area contributed by atoms with E-state index in [2.05, 4.69) is 36.4 Å². The van der Waals surface area contributed by atoms with Crippen LogP contribution in [0.25, 0.3) is 6.08 Å². The third-order valence-corrected chi connectivity index (χ3v) is 3.80. The van der Waals surface area contributed by atoms with Gasteiger partial charge in [-0.15, -0.1) is 0 Å². The van der Waals surface area contributed by atoms with Gasteiger partial charge in [-0.2, -0.15) is 0 Å². The van der Waals surface area contributed by atoms with Crippen molar-refractivity contribution in [3.63, 3.8) is 0 Å². The number of allylic oxidation sites excluding steroid dienone is 1. The van der Waals surface area contributed by atoms with Crippen LogP contribution >= 0.6 is 0 Å². The smallest absolute Gasteiger partial charge is 0.0197 e. The topological polar surface area (TPSA) is 0 Å². The van der Waals surface area contributed by atoms with Crippen molar-refractivity contribution in [1.29, 1.82) is 0 Å². The van der Waals surface area contributed by atoms with E-state index in [1.807, 2.05) is 0 Å². The summed E-state index contributed by atoms with van der Waals surface area (Å²) in [5.41, 5.74) is 3.14. The van der Waals surface area contributed by atoms with Gasteiger partial charge in [0, 0.05) is 0 Å². The van der Waals surface area contributed by atoms with Gasteiger partial charge < -0.3 is 0 Å². The van der Waals surface area contributed by atoms with Crippen molar-refractivity contribution in [3.8, 4) is 0 Å². The van der Waals surface area contributed by atoms with Gasteiger partial charge in [0.25, 0.3) is 0 Å². The zero-order valence-corrected chi connectivity index (χ0v) is 8.45. The molecule has 3 rings (SSSR count). The van der Waals surface area contributed by atoms with Crippen LogP contribution in [0.15, 0.2) is 35.9 Å². The Morgan fingerprint density at radius 2 is 1.43 bits per heavy atom. The van der Waals surface area contributed by atoms with Crippen molar-refractivity contribution in [2.75, 3.05) is 0 Å². The lowest BCUT2D eigenvalue weighted by Gasteiger charge is -2.04. The summed E-state index contributed by atoms with van der Waals surface area (Å²) in [6.45, 7) is 0. The second-order valence-corrected chi connectivity index (χ2v) is 4.60. The van der Waals surface area contributed by atoms with E-state index in [9.17, 15) is 0 Å². The Morgan fingerprint density at radius 3 is 2.00 bits per heavy atom. The first kappa shape index (κ1) is 8.28. The highest BCUT2D eigenvalue weighted by Crippen LogP contribution is 2.49. The number of rotatable bonds is 1. The molecule has 0 aromatic heterocycles. The normalized spacial score (nSPS) is 29.6. The molecule has 0 atom stereocenters. The molecule has 2 fully saturated rings. The number of hydrogen-bond donors (Lipinski definition) is 0. The molecule has 2 bridgehead atoms. The summed E-state index contributed by atoms with van der Waals surface area (Å²) >= 11 is 0. The number of fused-ring (bicyclic) bond motifs is 2. The Kier molecular flexibility index (Phi) is 1.93. The van der Waals surface area contributed by atoms with Crippen LogP contribution in [0.5, 0.6) is 0 Å². The van der Waals surface area contributed by atoms with Crippen LogP contribution in [0.2, 0.25) is 0 Å². The lowest BCUT2D eigenvalue weighted by molar-refractivity contribution is 0.480. The van der Waals surface area contributed by atoms with Crippen LogP contribution in [0.1, 0.15) is 31.2 Å². The van der Waals surface area contributed by atoms with E-state index in [1.54, 1.807) is 5.57 Å². The maximum Gasteiger partial charge on any atom is -0.0197 e. The molecule has 72 valence electrons. The van der Waals surface area contributed by atoms with Gasteiger partial charge >= 0.3 is 0 Å². The molecule has 0 amide bonds. The second kappa shape index (κ2) is 3.27. The molecular weight excluding hydrogens is 168 g/mol. The van der Waals surface area contributed by atoms with Gasteiger partial charge in [-0.3, -0.25) is 0 Å². The molecule has 2 saturated carbocycles. The first-order chi connectivity index (χ1) is 6.93. The monoisotopic (exact) mass is 184 g/mol. The average molecular weight is 184 g/mol. The Hall–Kier alpha value is -1.04. The SMILES string of the molecule is C(=C1C2CCC1CC2)c1ccccc1. The van der Waals surface area contributed by atoms with E-state index >= 15 is 0 Å². The quantitative estimate of drug-likeness (QED) is 0.621. The fourth-order valence-corrected chi connectivity index (χ4v) is 3.07. The Balaban J connectivity index is 1.92. The molecular formula is C14H16. The Labute approximate surface area is 85.6 Å². The molecule has 0 aliphatic heterocycles. The van der Waals surface area contributed by atoms with Crippen molar-refractivity contribution in [3.05, 3.63) is 41.5 Å². The van der Waals surface area contributed by atoms with Gasteiger partial charge in [0.1, 0.15) is 0 Å². The molecule has 0 heteroatoms. The molecule has 2 aliphatic carbocycles. The van der Waals surface area contributed by atoms with Crippen LogP contribution in [0.4, 0.5) is 0 Å². The van der Waals surface area contributed by atoms with Crippen LogP contribution in [0.3, 0.4) is 0 Å². The molecule has 0 saturated heterocycles. The lowest BCUT2D eigenvalue weighted by Crippen LogP contribution is -1.90. The van der Waals surface area contributed by atoms with Crippen LogP contribution in [-0.2, 0) is 0 Å². The van der Waals surface area contributed by atoms with Crippen molar-refractivity contribution < 1.29 is 0 Å². The molecule has 0 heterocycles. The molecule has 1 aromatic rings. The molecule has 0 N–H and O–H groups in total. The molecule has 14 heavy (non-hydrogen) atoms. The van der Waals surface area contributed by atoms with E-state index in [0.29, 0.717) is 0 Å².